The summed E-state index contributed by atoms with van der Waals surface area (Å²) in [6.45, 7) is 5.14. The number of rotatable bonds is 6. The van der Waals surface area contributed by atoms with Crippen molar-refractivity contribution in [3.63, 3.8) is 0 Å². The van der Waals surface area contributed by atoms with E-state index in [9.17, 15) is 9.59 Å². The quantitative estimate of drug-likeness (QED) is 0.549. The van der Waals surface area contributed by atoms with Crippen molar-refractivity contribution in [2.45, 2.75) is 33.2 Å². The predicted octanol–water partition coefficient (Wildman–Crippen LogP) is 3.19. The van der Waals surface area contributed by atoms with E-state index in [2.05, 4.69) is 22.1 Å². The monoisotopic (exact) mass is 389 g/mol. The lowest BCUT2D eigenvalue weighted by Crippen LogP contribution is -2.30. The second-order valence-corrected chi connectivity index (χ2v) is 7.02. The van der Waals surface area contributed by atoms with Gasteiger partial charge in [-0.25, -0.2) is 0 Å². The minimum atomic E-state index is -0.311. The number of benzene rings is 2. The second kappa shape index (κ2) is 7.87. The van der Waals surface area contributed by atoms with E-state index < -0.39 is 0 Å². The normalized spacial score (nSPS) is 11.2. The van der Waals surface area contributed by atoms with Crippen LogP contribution in [0.15, 0.2) is 53.3 Å². The van der Waals surface area contributed by atoms with Crippen LogP contribution in [0.5, 0.6) is 0 Å². The van der Waals surface area contributed by atoms with E-state index in [1.54, 1.807) is 21.4 Å². The van der Waals surface area contributed by atoms with Gasteiger partial charge < -0.3 is 9.88 Å². The fourth-order valence-corrected chi connectivity index (χ4v) is 3.56. The van der Waals surface area contributed by atoms with Crippen LogP contribution >= 0.6 is 0 Å². The molecule has 0 aliphatic heterocycles. The van der Waals surface area contributed by atoms with Gasteiger partial charge in [0.05, 0.1) is 11.0 Å². The van der Waals surface area contributed by atoms with Gasteiger partial charge in [0.15, 0.2) is 0 Å². The van der Waals surface area contributed by atoms with Gasteiger partial charge in [0, 0.05) is 25.1 Å². The number of H-pyrrole nitrogens is 1. The number of nitrogens with one attached hydrogen (secondary N) is 1. The zero-order valence-electron chi connectivity index (χ0n) is 16.6. The molecule has 148 valence electrons. The highest BCUT2D eigenvalue weighted by Gasteiger charge is 2.17. The van der Waals surface area contributed by atoms with E-state index in [4.69, 9.17) is 0 Å². The molecule has 0 unspecified atom stereocenters. The van der Waals surface area contributed by atoms with Crippen molar-refractivity contribution in [2.24, 2.45) is 0 Å². The summed E-state index contributed by atoms with van der Waals surface area (Å²) in [5.74, 6) is 0.675. The Bertz CT molecular complexity index is 1230. The molecule has 1 amide bonds. The molecule has 0 spiro atoms. The number of hydrogen-bond donors (Lipinski definition) is 1. The maximum atomic E-state index is 13.1. The van der Waals surface area contributed by atoms with Crippen LogP contribution in [0.3, 0.4) is 0 Å². The third-order valence-electron chi connectivity index (χ3n) is 5.02. The van der Waals surface area contributed by atoms with E-state index in [0.29, 0.717) is 24.2 Å². The molecule has 4 aromatic rings. The lowest BCUT2D eigenvalue weighted by molar-refractivity contribution is 0.0752. The first kappa shape index (κ1) is 18.9. The number of nitrogens with zero attached hydrogens (tertiary/aromatic N) is 4. The minimum Gasteiger partial charge on any atom is -0.335 e. The Kier molecular flexibility index (Phi) is 5.12. The Balaban J connectivity index is 1.74. The number of hydrogen-bond acceptors (Lipinski definition) is 4. The highest BCUT2D eigenvalue weighted by atomic mass is 16.2. The zero-order chi connectivity index (χ0) is 20.4. The summed E-state index contributed by atoms with van der Waals surface area (Å²) < 4.78 is 1.79. The number of aromatic amines is 1. The predicted molar refractivity (Wildman–Crippen MR) is 112 cm³/mol. The SMILES string of the molecule is CCCc1nnc2c(=O)[nH]c3cc(C(=O)N(CC)Cc4ccccc4)ccc3n12. The molecule has 0 saturated carbocycles. The van der Waals surface area contributed by atoms with Gasteiger partial charge in [-0.3, -0.25) is 14.0 Å². The Hall–Kier alpha value is -3.48. The molecule has 0 aliphatic rings. The summed E-state index contributed by atoms with van der Waals surface area (Å²) in [7, 11) is 0. The van der Waals surface area contributed by atoms with Gasteiger partial charge in [0.1, 0.15) is 5.82 Å². The van der Waals surface area contributed by atoms with Crippen LogP contribution in [-0.2, 0) is 13.0 Å². The standard InChI is InChI=1S/C22H23N5O2/c1-3-8-19-24-25-20-21(28)23-17-13-16(11-12-18(17)27(19)20)22(29)26(4-2)14-15-9-6-5-7-10-15/h5-7,9-13H,3-4,8,14H2,1-2H3,(H,23,28). The Morgan fingerprint density at radius 3 is 2.62 bits per heavy atom. The summed E-state index contributed by atoms with van der Waals surface area (Å²) >= 11 is 0. The van der Waals surface area contributed by atoms with Crippen molar-refractivity contribution in [1.82, 2.24) is 24.5 Å². The van der Waals surface area contributed by atoms with E-state index in [-0.39, 0.29) is 17.1 Å². The van der Waals surface area contributed by atoms with Gasteiger partial charge in [-0.15, -0.1) is 10.2 Å². The summed E-state index contributed by atoms with van der Waals surface area (Å²) in [6, 6.07) is 15.3. The van der Waals surface area contributed by atoms with Crippen LogP contribution < -0.4 is 5.56 Å². The van der Waals surface area contributed by atoms with Crippen LogP contribution in [0.2, 0.25) is 0 Å². The van der Waals surface area contributed by atoms with Crippen molar-refractivity contribution in [3.8, 4) is 0 Å². The molecule has 7 heteroatoms. The Morgan fingerprint density at radius 1 is 1.10 bits per heavy atom. The molecular formula is C22H23N5O2. The van der Waals surface area contributed by atoms with E-state index in [1.165, 1.54) is 0 Å². The molecule has 2 aromatic carbocycles. The molecular weight excluding hydrogens is 366 g/mol. The average molecular weight is 389 g/mol. The third-order valence-corrected chi connectivity index (χ3v) is 5.02. The van der Waals surface area contributed by atoms with Crippen molar-refractivity contribution < 1.29 is 4.79 Å². The highest BCUT2D eigenvalue weighted by molar-refractivity contribution is 5.97. The fourth-order valence-electron chi connectivity index (χ4n) is 3.56. The average Bonchev–Trinajstić information content (AvgIpc) is 3.17. The fraction of sp³-hybridized carbons (Fsp3) is 0.273. The van der Waals surface area contributed by atoms with Crippen molar-refractivity contribution in [3.05, 3.63) is 75.8 Å². The number of fused-ring (bicyclic) bond motifs is 3. The molecule has 0 fully saturated rings. The van der Waals surface area contributed by atoms with Crippen LogP contribution in [0.1, 0.15) is 42.0 Å². The number of carbonyl (C=O) groups excluding carboxylic acids is 1. The topological polar surface area (TPSA) is 83.4 Å². The Morgan fingerprint density at radius 2 is 1.90 bits per heavy atom. The van der Waals surface area contributed by atoms with Crippen molar-refractivity contribution >= 4 is 22.6 Å². The first-order chi connectivity index (χ1) is 14.1. The molecule has 7 nitrogen and oxygen atoms in total. The van der Waals surface area contributed by atoms with Gasteiger partial charge in [-0.1, -0.05) is 37.3 Å². The van der Waals surface area contributed by atoms with Crippen LogP contribution in [0.25, 0.3) is 16.7 Å². The number of amides is 1. The lowest BCUT2D eigenvalue weighted by atomic mass is 10.1. The third kappa shape index (κ3) is 3.51. The molecule has 0 saturated heterocycles. The van der Waals surface area contributed by atoms with Crippen LogP contribution in [-0.4, -0.2) is 36.9 Å². The van der Waals surface area contributed by atoms with E-state index in [0.717, 1.165) is 29.7 Å². The van der Waals surface area contributed by atoms with Gasteiger partial charge in [-0.2, -0.15) is 0 Å². The van der Waals surface area contributed by atoms with Gasteiger partial charge in [0.2, 0.25) is 5.65 Å². The van der Waals surface area contributed by atoms with E-state index in [1.807, 2.05) is 43.3 Å². The minimum absolute atomic E-state index is 0.0725. The molecule has 0 bridgehead atoms. The van der Waals surface area contributed by atoms with Gasteiger partial charge >= 0.3 is 0 Å². The highest BCUT2D eigenvalue weighted by Crippen LogP contribution is 2.18. The molecule has 29 heavy (non-hydrogen) atoms. The summed E-state index contributed by atoms with van der Waals surface area (Å²) in [5, 5.41) is 8.19. The van der Waals surface area contributed by atoms with E-state index >= 15 is 0 Å². The zero-order valence-corrected chi connectivity index (χ0v) is 16.6. The first-order valence-corrected chi connectivity index (χ1v) is 9.85. The van der Waals surface area contributed by atoms with Gasteiger partial charge in [0.25, 0.3) is 11.5 Å². The molecule has 0 radical (unpaired) electrons. The number of aromatic nitrogens is 4. The largest absolute Gasteiger partial charge is 0.335 e. The second-order valence-electron chi connectivity index (χ2n) is 7.02. The van der Waals surface area contributed by atoms with Crippen molar-refractivity contribution in [1.29, 1.82) is 0 Å². The lowest BCUT2D eigenvalue weighted by Gasteiger charge is -2.21. The number of aryl methyl sites for hydroxylation is 1. The maximum Gasteiger partial charge on any atom is 0.294 e. The molecule has 0 aliphatic carbocycles. The number of carbonyl (C=O) groups is 1. The van der Waals surface area contributed by atoms with Crippen LogP contribution in [0.4, 0.5) is 0 Å². The maximum absolute atomic E-state index is 13.1. The Labute approximate surface area is 168 Å². The smallest absolute Gasteiger partial charge is 0.294 e. The molecule has 1 N–H and O–H groups in total. The van der Waals surface area contributed by atoms with Crippen LogP contribution in [0, 0.1) is 0 Å². The molecule has 2 aromatic heterocycles. The first-order valence-electron chi connectivity index (χ1n) is 9.85. The summed E-state index contributed by atoms with van der Waals surface area (Å²) in [5.41, 5.74) is 2.97. The molecule has 0 atom stereocenters. The summed E-state index contributed by atoms with van der Waals surface area (Å²) in [6.07, 6.45) is 1.62. The van der Waals surface area contributed by atoms with Gasteiger partial charge in [-0.05, 0) is 37.1 Å². The summed E-state index contributed by atoms with van der Waals surface area (Å²) in [4.78, 5) is 30.2. The molecule has 2 heterocycles. The molecule has 4 rings (SSSR count). The van der Waals surface area contributed by atoms with Crippen molar-refractivity contribution in [2.75, 3.05) is 6.54 Å².